The lowest BCUT2D eigenvalue weighted by Crippen LogP contribution is -2.15. The second kappa shape index (κ2) is 5.27. The molecule has 0 bridgehead atoms. The van der Waals surface area contributed by atoms with Gasteiger partial charge in [0.25, 0.3) is 10.0 Å². The number of rotatable bonds is 4. The van der Waals surface area contributed by atoms with Crippen molar-refractivity contribution in [2.75, 3.05) is 10.5 Å². The van der Waals surface area contributed by atoms with Gasteiger partial charge in [0.05, 0.1) is 10.6 Å². The van der Waals surface area contributed by atoms with Crippen LogP contribution in [0.15, 0.2) is 47.6 Å². The zero-order valence-corrected chi connectivity index (χ0v) is 11.3. The fourth-order valence-electron chi connectivity index (χ4n) is 1.74. The Morgan fingerprint density at radius 3 is 2.53 bits per heavy atom. The van der Waals surface area contributed by atoms with E-state index in [0.717, 1.165) is 5.56 Å². The average Bonchev–Trinajstić information content (AvgIpc) is 2.39. The summed E-state index contributed by atoms with van der Waals surface area (Å²) in [6.45, 7) is 1.90. The van der Waals surface area contributed by atoms with Crippen molar-refractivity contribution >= 4 is 21.4 Å². The van der Waals surface area contributed by atoms with Crippen LogP contribution in [-0.4, -0.2) is 13.4 Å². The predicted molar refractivity (Wildman–Crippen MR) is 75.3 cm³/mol. The number of benzene rings is 1. The molecule has 19 heavy (non-hydrogen) atoms. The van der Waals surface area contributed by atoms with Crippen molar-refractivity contribution in [1.82, 2.24) is 4.98 Å². The quantitative estimate of drug-likeness (QED) is 0.837. The van der Waals surface area contributed by atoms with Crippen LogP contribution in [0.4, 0.5) is 11.4 Å². The number of nitrogens with zero attached hydrogens (tertiary/aromatic N) is 1. The van der Waals surface area contributed by atoms with Gasteiger partial charge in [-0.1, -0.05) is 13.0 Å². The monoisotopic (exact) mass is 277 g/mol. The summed E-state index contributed by atoms with van der Waals surface area (Å²) < 4.78 is 27.2. The number of hydrogen-bond acceptors (Lipinski definition) is 4. The fourth-order valence-corrected chi connectivity index (χ4v) is 3.15. The van der Waals surface area contributed by atoms with Crippen molar-refractivity contribution in [3.05, 3.63) is 48.3 Å². The third-order valence-electron chi connectivity index (χ3n) is 2.69. The summed E-state index contributed by atoms with van der Waals surface area (Å²) in [6, 6.07) is 8.09. The Hall–Kier alpha value is -2.08. The largest absolute Gasteiger partial charge is 0.399 e. The van der Waals surface area contributed by atoms with Crippen molar-refractivity contribution in [1.29, 1.82) is 0 Å². The molecule has 0 saturated carbocycles. The number of sulfonamides is 1. The summed E-state index contributed by atoms with van der Waals surface area (Å²) in [4.78, 5) is 4.06. The molecule has 2 aromatic rings. The predicted octanol–water partition coefficient (Wildman–Crippen LogP) is 2.03. The van der Waals surface area contributed by atoms with Gasteiger partial charge in [0.1, 0.15) is 0 Å². The number of anilines is 2. The maximum atomic E-state index is 12.3. The Kier molecular flexibility index (Phi) is 3.71. The van der Waals surface area contributed by atoms with E-state index in [1.165, 1.54) is 18.5 Å². The smallest absolute Gasteiger partial charge is 0.262 e. The maximum absolute atomic E-state index is 12.3. The highest BCUT2D eigenvalue weighted by Gasteiger charge is 2.18. The minimum absolute atomic E-state index is 0.215. The van der Waals surface area contributed by atoms with E-state index < -0.39 is 10.0 Å². The van der Waals surface area contributed by atoms with E-state index in [4.69, 9.17) is 5.73 Å². The molecule has 6 heteroatoms. The van der Waals surface area contributed by atoms with E-state index in [1.54, 1.807) is 24.3 Å². The summed E-state index contributed by atoms with van der Waals surface area (Å²) in [6.07, 6.45) is 3.67. The van der Waals surface area contributed by atoms with Crippen molar-refractivity contribution in [2.24, 2.45) is 0 Å². The van der Waals surface area contributed by atoms with Gasteiger partial charge >= 0.3 is 0 Å². The van der Waals surface area contributed by atoms with Crippen molar-refractivity contribution < 1.29 is 8.42 Å². The lowest BCUT2D eigenvalue weighted by molar-refractivity contribution is 0.600. The van der Waals surface area contributed by atoms with Gasteiger partial charge < -0.3 is 5.73 Å². The van der Waals surface area contributed by atoms with Crippen LogP contribution in [0.1, 0.15) is 12.5 Å². The first-order valence-electron chi connectivity index (χ1n) is 5.84. The molecule has 1 aromatic carbocycles. The van der Waals surface area contributed by atoms with Gasteiger partial charge in [-0.15, -0.1) is 0 Å². The standard InChI is InChI=1S/C13H15N3O2S/c1-2-10-3-4-11(14)9-13(10)19(17,18)16-12-5-7-15-8-6-12/h3-9H,2,14H2,1H3,(H,15,16). The number of pyridine rings is 1. The van der Waals surface area contributed by atoms with Gasteiger partial charge in [-0.25, -0.2) is 8.42 Å². The molecule has 0 fully saturated rings. The molecular formula is C13H15N3O2S. The Balaban J connectivity index is 2.42. The molecule has 1 aromatic heterocycles. The van der Waals surface area contributed by atoms with Gasteiger partial charge in [-0.2, -0.15) is 0 Å². The summed E-state index contributed by atoms with van der Waals surface area (Å²) in [5, 5.41) is 0. The Morgan fingerprint density at radius 1 is 1.21 bits per heavy atom. The highest BCUT2D eigenvalue weighted by Crippen LogP contribution is 2.22. The molecule has 0 saturated heterocycles. The maximum Gasteiger partial charge on any atom is 0.262 e. The number of aromatic nitrogens is 1. The van der Waals surface area contributed by atoms with Crippen LogP contribution in [0, 0.1) is 0 Å². The summed E-state index contributed by atoms with van der Waals surface area (Å²) in [7, 11) is -3.64. The van der Waals surface area contributed by atoms with Crippen LogP contribution in [0.3, 0.4) is 0 Å². The Labute approximate surface area is 112 Å². The number of aryl methyl sites for hydroxylation is 1. The molecular weight excluding hydrogens is 262 g/mol. The van der Waals surface area contributed by atoms with Crippen LogP contribution >= 0.6 is 0 Å². The van der Waals surface area contributed by atoms with Crippen LogP contribution in [0.25, 0.3) is 0 Å². The highest BCUT2D eigenvalue weighted by atomic mass is 32.2. The van der Waals surface area contributed by atoms with Crippen LogP contribution in [0.5, 0.6) is 0 Å². The second-order valence-electron chi connectivity index (χ2n) is 4.06. The normalized spacial score (nSPS) is 11.2. The van der Waals surface area contributed by atoms with Gasteiger partial charge in [0.2, 0.25) is 0 Å². The summed E-state index contributed by atoms with van der Waals surface area (Å²) in [5.41, 5.74) is 7.30. The third kappa shape index (κ3) is 3.03. The molecule has 0 unspecified atom stereocenters. The minimum atomic E-state index is -3.64. The lowest BCUT2D eigenvalue weighted by atomic mass is 10.1. The zero-order chi connectivity index (χ0) is 13.9. The molecule has 0 aliphatic rings. The first-order chi connectivity index (χ1) is 9.03. The van der Waals surface area contributed by atoms with Gasteiger partial charge in [0, 0.05) is 18.1 Å². The second-order valence-corrected chi connectivity index (χ2v) is 5.71. The molecule has 0 atom stereocenters. The highest BCUT2D eigenvalue weighted by molar-refractivity contribution is 7.92. The van der Waals surface area contributed by atoms with Gasteiger partial charge in [-0.05, 0) is 36.2 Å². The lowest BCUT2D eigenvalue weighted by Gasteiger charge is -2.12. The Morgan fingerprint density at radius 2 is 1.89 bits per heavy atom. The molecule has 0 aliphatic carbocycles. The molecule has 0 spiro atoms. The zero-order valence-electron chi connectivity index (χ0n) is 10.5. The average molecular weight is 277 g/mol. The summed E-state index contributed by atoms with van der Waals surface area (Å²) >= 11 is 0. The van der Waals surface area contributed by atoms with E-state index in [-0.39, 0.29) is 4.90 Å². The molecule has 0 amide bonds. The molecule has 100 valence electrons. The first-order valence-corrected chi connectivity index (χ1v) is 7.32. The van der Waals surface area contributed by atoms with Gasteiger partial charge in [-0.3, -0.25) is 9.71 Å². The van der Waals surface area contributed by atoms with E-state index in [0.29, 0.717) is 17.8 Å². The summed E-state index contributed by atoms with van der Waals surface area (Å²) in [5.74, 6) is 0. The molecule has 2 rings (SSSR count). The molecule has 5 nitrogen and oxygen atoms in total. The van der Waals surface area contributed by atoms with Crippen molar-refractivity contribution in [3.63, 3.8) is 0 Å². The number of hydrogen-bond donors (Lipinski definition) is 2. The topological polar surface area (TPSA) is 85.1 Å². The molecule has 0 aliphatic heterocycles. The molecule has 0 radical (unpaired) electrons. The van der Waals surface area contributed by atoms with E-state index in [2.05, 4.69) is 9.71 Å². The molecule has 1 heterocycles. The van der Waals surface area contributed by atoms with Crippen molar-refractivity contribution in [2.45, 2.75) is 18.2 Å². The van der Waals surface area contributed by atoms with E-state index in [9.17, 15) is 8.42 Å². The molecule has 3 N–H and O–H groups in total. The fraction of sp³-hybridized carbons (Fsp3) is 0.154. The van der Waals surface area contributed by atoms with Crippen LogP contribution in [-0.2, 0) is 16.4 Å². The third-order valence-corrected chi connectivity index (χ3v) is 4.16. The van der Waals surface area contributed by atoms with Crippen molar-refractivity contribution in [3.8, 4) is 0 Å². The van der Waals surface area contributed by atoms with E-state index >= 15 is 0 Å². The Bertz CT molecular complexity index is 670. The minimum Gasteiger partial charge on any atom is -0.399 e. The van der Waals surface area contributed by atoms with Gasteiger partial charge in [0.15, 0.2) is 0 Å². The number of nitrogen functional groups attached to an aromatic ring is 1. The number of nitrogens with one attached hydrogen (secondary N) is 1. The first kappa shape index (κ1) is 13.4. The van der Waals surface area contributed by atoms with Crippen LogP contribution < -0.4 is 10.5 Å². The number of nitrogens with two attached hydrogens (primary N) is 1. The SMILES string of the molecule is CCc1ccc(N)cc1S(=O)(=O)Nc1ccncc1. The van der Waals surface area contributed by atoms with Crippen LogP contribution in [0.2, 0.25) is 0 Å². The van der Waals surface area contributed by atoms with E-state index in [1.807, 2.05) is 6.92 Å².